The Kier molecular flexibility index (Phi) is 7.57. The molecule has 4 rings (SSSR count). The zero-order chi connectivity index (χ0) is 23.9. The Morgan fingerprint density at radius 3 is 2.79 bits per heavy atom. The van der Waals surface area contributed by atoms with E-state index in [9.17, 15) is 14.4 Å². The molecule has 0 atom stereocenters. The molecule has 0 radical (unpaired) electrons. The van der Waals surface area contributed by atoms with Gasteiger partial charge in [0, 0.05) is 13.0 Å². The molecule has 2 heterocycles. The van der Waals surface area contributed by atoms with Gasteiger partial charge in [-0.3, -0.25) is 14.2 Å². The minimum absolute atomic E-state index is 0.0749. The van der Waals surface area contributed by atoms with Crippen LogP contribution in [0, 0.1) is 6.92 Å². The molecule has 1 aliphatic heterocycles. The molecule has 0 fully saturated rings. The summed E-state index contributed by atoms with van der Waals surface area (Å²) in [6.45, 7) is 2.84. The van der Waals surface area contributed by atoms with E-state index in [1.165, 1.54) is 6.07 Å². The second kappa shape index (κ2) is 11.0. The van der Waals surface area contributed by atoms with Gasteiger partial charge in [0.15, 0.2) is 6.61 Å². The molecule has 8 nitrogen and oxygen atoms in total. The molecule has 3 aromatic rings. The summed E-state index contributed by atoms with van der Waals surface area (Å²) in [5.74, 6) is 0.439. The summed E-state index contributed by atoms with van der Waals surface area (Å²) in [6.07, 6.45) is 4.94. The van der Waals surface area contributed by atoms with Gasteiger partial charge in [-0.2, -0.15) is 0 Å². The Morgan fingerprint density at radius 1 is 1.09 bits per heavy atom. The van der Waals surface area contributed by atoms with Crippen molar-refractivity contribution in [3.8, 4) is 5.75 Å². The van der Waals surface area contributed by atoms with E-state index in [1.54, 1.807) is 16.7 Å². The highest BCUT2D eigenvalue weighted by atomic mass is 16.5. The number of hydrogen-bond acceptors (Lipinski definition) is 6. The van der Waals surface area contributed by atoms with Gasteiger partial charge in [0.2, 0.25) is 0 Å². The number of ether oxygens (including phenoxy) is 2. The number of aryl methyl sites for hydroxylation is 2. The molecular weight excluding hydrogens is 434 g/mol. The van der Waals surface area contributed by atoms with Crippen LogP contribution in [0.15, 0.2) is 47.3 Å². The summed E-state index contributed by atoms with van der Waals surface area (Å²) in [6, 6.07) is 12.3. The van der Waals surface area contributed by atoms with Gasteiger partial charge in [-0.25, -0.2) is 9.78 Å². The normalized spacial score (nSPS) is 13.4. The number of nitrogens with one attached hydrogen (secondary N) is 1. The molecule has 0 aliphatic carbocycles. The lowest BCUT2D eigenvalue weighted by Crippen LogP contribution is -2.32. The molecule has 0 saturated heterocycles. The monoisotopic (exact) mass is 463 g/mol. The van der Waals surface area contributed by atoms with Crippen LogP contribution < -0.4 is 15.6 Å². The minimum Gasteiger partial charge on any atom is -0.492 e. The molecule has 0 spiro atoms. The number of fused-ring (bicyclic) bond motifs is 2. The fraction of sp³-hybridized carbons (Fsp3) is 0.385. The Labute approximate surface area is 197 Å². The molecule has 1 amide bonds. The molecule has 8 heteroatoms. The number of hydrogen-bond donors (Lipinski definition) is 1. The van der Waals surface area contributed by atoms with E-state index >= 15 is 0 Å². The van der Waals surface area contributed by atoms with Gasteiger partial charge in [0.1, 0.15) is 18.2 Å². The van der Waals surface area contributed by atoms with E-state index in [1.807, 2.05) is 31.2 Å². The summed E-state index contributed by atoms with van der Waals surface area (Å²) in [5.41, 5.74) is 1.75. The van der Waals surface area contributed by atoms with Gasteiger partial charge in [-0.05, 0) is 55.7 Å². The second-order valence-electron chi connectivity index (χ2n) is 8.47. The van der Waals surface area contributed by atoms with Crippen LogP contribution in [0.2, 0.25) is 0 Å². The maximum atomic E-state index is 12.9. The predicted molar refractivity (Wildman–Crippen MR) is 128 cm³/mol. The maximum Gasteiger partial charge on any atom is 0.338 e. The second-order valence-corrected chi connectivity index (χ2v) is 8.47. The fourth-order valence-electron chi connectivity index (χ4n) is 4.05. The van der Waals surface area contributed by atoms with Crippen LogP contribution in [0.3, 0.4) is 0 Å². The quantitative estimate of drug-likeness (QED) is 0.427. The van der Waals surface area contributed by atoms with Crippen molar-refractivity contribution in [2.24, 2.45) is 0 Å². The number of aromatic nitrogens is 2. The first-order valence-corrected chi connectivity index (χ1v) is 11.7. The third kappa shape index (κ3) is 5.81. The van der Waals surface area contributed by atoms with Gasteiger partial charge in [0.05, 0.1) is 23.0 Å². The number of carbonyl (C=O) groups is 2. The summed E-state index contributed by atoms with van der Waals surface area (Å²) in [5, 5.41) is 3.14. The van der Waals surface area contributed by atoms with Crippen molar-refractivity contribution in [2.45, 2.75) is 45.6 Å². The van der Waals surface area contributed by atoms with E-state index in [2.05, 4.69) is 10.3 Å². The molecule has 2 aromatic carbocycles. The Bertz CT molecular complexity index is 1250. The van der Waals surface area contributed by atoms with Crippen molar-refractivity contribution in [3.63, 3.8) is 0 Å². The maximum absolute atomic E-state index is 12.9. The van der Waals surface area contributed by atoms with Crippen LogP contribution in [0.4, 0.5) is 0 Å². The number of carbonyl (C=O) groups excluding carboxylic acids is 2. The summed E-state index contributed by atoms with van der Waals surface area (Å²) < 4.78 is 12.5. The topological polar surface area (TPSA) is 99.5 Å². The summed E-state index contributed by atoms with van der Waals surface area (Å²) >= 11 is 0. The average Bonchev–Trinajstić information content (AvgIpc) is 2.81. The van der Waals surface area contributed by atoms with E-state index < -0.39 is 18.5 Å². The van der Waals surface area contributed by atoms with Crippen molar-refractivity contribution in [1.29, 1.82) is 0 Å². The van der Waals surface area contributed by atoms with E-state index in [-0.39, 0.29) is 11.1 Å². The van der Waals surface area contributed by atoms with Crippen LogP contribution in [-0.4, -0.2) is 41.2 Å². The van der Waals surface area contributed by atoms with E-state index in [4.69, 9.17) is 9.47 Å². The van der Waals surface area contributed by atoms with Crippen molar-refractivity contribution in [3.05, 3.63) is 69.8 Å². The number of nitrogens with zero attached hydrogens (tertiary/aromatic N) is 2. The lowest BCUT2D eigenvalue weighted by atomic mass is 10.1. The number of amides is 1. The van der Waals surface area contributed by atoms with Gasteiger partial charge in [0.25, 0.3) is 11.5 Å². The highest BCUT2D eigenvalue weighted by molar-refractivity contribution is 5.95. The zero-order valence-electron chi connectivity index (χ0n) is 19.3. The van der Waals surface area contributed by atoms with E-state index in [0.717, 1.165) is 49.2 Å². The third-order valence-corrected chi connectivity index (χ3v) is 5.82. The standard InChI is InChI=1S/C26H29N3O5/c1-18-7-6-8-20(15-18)33-14-12-27-24(30)17-34-26(32)19-10-11-21-22(16-19)28-23-9-4-2-3-5-13-29(23)25(21)31/h6-8,10-11,15-16H,2-5,9,12-14,17H2,1H3,(H,27,30). The molecule has 178 valence electrons. The molecule has 0 bridgehead atoms. The van der Waals surface area contributed by atoms with Crippen molar-refractivity contribution in [2.75, 3.05) is 19.8 Å². The first kappa shape index (κ1) is 23.5. The van der Waals surface area contributed by atoms with Crippen LogP contribution in [-0.2, 0) is 22.5 Å². The van der Waals surface area contributed by atoms with Gasteiger partial charge >= 0.3 is 5.97 Å². The largest absolute Gasteiger partial charge is 0.492 e. The van der Waals surface area contributed by atoms with Crippen LogP contribution in [0.5, 0.6) is 5.75 Å². The average molecular weight is 464 g/mol. The van der Waals surface area contributed by atoms with Gasteiger partial charge < -0.3 is 14.8 Å². The zero-order valence-corrected chi connectivity index (χ0v) is 19.3. The van der Waals surface area contributed by atoms with Crippen molar-refractivity contribution >= 4 is 22.8 Å². The molecule has 34 heavy (non-hydrogen) atoms. The van der Waals surface area contributed by atoms with Crippen LogP contribution in [0.25, 0.3) is 10.9 Å². The SMILES string of the molecule is Cc1cccc(OCCNC(=O)COC(=O)c2ccc3c(=O)n4c(nc3c2)CCCCCC4)c1. The van der Waals surface area contributed by atoms with Crippen LogP contribution >= 0.6 is 0 Å². The first-order valence-electron chi connectivity index (χ1n) is 11.7. The Morgan fingerprint density at radius 2 is 1.94 bits per heavy atom. The molecule has 1 N–H and O–H groups in total. The van der Waals surface area contributed by atoms with Crippen LogP contribution in [0.1, 0.15) is 47.4 Å². The fourth-order valence-corrected chi connectivity index (χ4v) is 4.05. The lowest BCUT2D eigenvalue weighted by molar-refractivity contribution is -0.124. The Balaban J connectivity index is 1.32. The van der Waals surface area contributed by atoms with Crippen molar-refractivity contribution < 1.29 is 19.1 Å². The highest BCUT2D eigenvalue weighted by Gasteiger charge is 2.16. The Hall–Kier alpha value is -3.68. The molecule has 0 saturated carbocycles. The predicted octanol–water partition coefficient (Wildman–Crippen LogP) is 3.17. The molecular formula is C26H29N3O5. The molecule has 0 unspecified atom stereocenters. The number of esters is 1. The highest BCUT2D eigenvalue weighted by Crippen LogP contribution is 2.17. The summed E-state index contributed by atoms with van der Waals surface area (Å²) in [4.78, 5) is 42.1. The minimum atomic E-state index is -0.637. The van der Waals surface area contributed by atoms with Gasteiger partial charge in [-0.15, -0.1) is 0 Å². The van der Waals surface area contributed by atoms with Crippen molar-refractivity contribution in [1.82, 2.24) is 14.9 Å². The number of benzene rings is 2. The lowest BCUT2D eigenvalue weighted by Gasteiger charge is -2.16. The smallest absolute Gasteiger partial charge is 0.338 e. The van der Waals surface area contributed by atoms with Gasteiger partial charge in [-0.1, -0.05) is 25.0 Å². The molecule has 1 aliphatic rings. The molecule has 1 aromatic heterocycles. The third-order valence-electron chi connectivity index (χ3n) is 5.82. The first-order chi connectivity index (χ1) is 16.5. The number of rotatable bonds is 7. The summed E-state index contributed by atoms with van der Waals surface area (Å²) in [7, 11) is 0. The van der Waals surface area contributed by atoms with E-state index in [0.29, 0.717) is 30.6 Å².